The maximum atomic E-state index is 13.3. The number of esters is 3. The summed E-state index contributed by atoms with van der Waals surface area (Å²) in [6, 6.07) is 2.54. The van der Waals surface area contributed by atoms with Crippen LogP contribution in [0.3, 0.4) is 0 Å². The summed E-state index contributed by atoms with van der Waals surface area (Å²) in [5.74, 6) is -3.59. The molecule has 2 rings (SSSR count). The van der Waals surface area contributed by atoms with Gasteiger partial charge >= 0.3 is 17.9 Å². The topological polar surface area (TPSA) is 113 Å². The van der Waals surface area contributed by atoms with Crippen molar-refractivity contribution in [2.45, 2.75) is 47.1 Å². The summed E-state index contributed by atoms with van der Waals surface area (Å²) < 4.78 is 15.4. The van der Waals surface area contributed by atoms with E-state index in [0.29, 0.717) is 0 Å². The van der Waals surface area contributed by atoms with Gasteiger partial charge in [-0.05, 0) is 32.1 Å². The first-order valence-electron chi connectivity index (χ1n) is 9.16. The molecule has 0 radical (unpaired) electrons. The third-order valence-corrected chi connectivity index (χ3v) is 4.05. The van der Waals surface area contributed by atoms with E-state index in [1.807, 2.05) is 13.8 Å². The number of carbonyl (C=O) groups is 5. The molecule has 0 aliphatic heterocycles. The fraction of sp³-hybridized carbons (Fsp3) is 0.318. The number of ether oxygens (including phenoxy) is 3. The van der Waals surface area contributed by atoms with Crippen molar-refractivity contribution in [2.24, 2.45) is 0 Å². The Hall–Kier alpha value is -3.55. The number of benzene rings is 1. The van der Waals surface area contributed by atoms with Crippen LogP contribution >= 0.6 is 0 Å². The lowest BCUT2D eigenvalue weighted by atomic mass is 9.85. The van der Waals surface area contributed by atoms with Gasteiger partial charge in [-0.25, -0.2) is 0 Å². The molecule has 0 unspecified atom stereocenters. The number of ketones is 2. The highest BCUT2D eigenvalue weighted by Gasteiger charge is 2.36. The van der Waals surface area contributed by atoms with Crippen LogP contribution in [0.15, 0.2) is 35.4 Å². The molecule has 0 bridgehead atoms. The highest BCUT2D eigenvalue weighted by atomic mass is 16.5. The van der Waals surface area contributed by atoms with Crippen LogP contribution in [0.2, 0.25) is 0 Å². The number of rotatable bonds is 6. The molecule has 1 aromatic rings. The molecule has 1 aliphatic rings. The number of Topliss-reactive ketones (excluding diaryl/α,β-unsaturated/α-hetero) is 1. The van der Waals surface area contributed by atoms with E-state index in [4.69, 9.17) is 14.2 Å². The zero-order valence-electron chi connectivity index (χ0n) is 17.4. The number of fused-ring (bicyclic) bond motifs is 1. The molecule has 1 atom stereocenters. The summed E-state index contributed by atoms with van der Waals surface area (Å²) in [4.78, 5) is 60.7. The fourth-order valence-corrected chi connectivity index (χ4v) is 2.96. The van der Waals surface area contributed by atoms with Gasteiger partial charge in [0.25, 0.3) is 0 Å². The first-order chi connectivity index (χ1) is 14.0. The van der Waals surface area contributed by atoms with E-state index < -0.39 is 35.6 Å². The molecule has 0 saturated heterocycles. The van der Waals surface area contributed by atoms with Gasteiger partial charge in [0.05, 0.1) is 11.1 Å². The Morgan fingerprint density at radius 2 is 1.40 bits per heavy atom. The van der Waals surface area contributed by atoms with E-state index in [0.717, 1.165) is 25.5 Å². The van der Waals surface area contributed by atoms with Crippen molar-refractivity contribution in [2.75, 3.05) is 0 Å². The van der Waals surface area contributed by atoms with Gasteiger partial charge in [0.15, 0.2) is 11.6 Å². The Labute approximate surface area is 173 Å². The second-order valence-corrected chi connectivity index (χ2v) is 6.91. The molecule has 1 aromatic carbocycles. The first kappa shape index (κ1) is 22.7. The summed E-state index contributed by atoms with van der Waals surface area (Å²) in [5, 5.41) is 0. The molecule has 1 aliphatic carbocycles. The third kappa shape index (κ3) is 5.28. The summed E-state index contributed by atoms with van der Waals surface area (Å²) in [5.41, 5.74) is 0.455. The molecule has 8 heteroatoms. The molecule has 0 amide bonds. The fourth-order valence-electron chi connectivity index (χ4n) is 2.96. The predicted molar refractivity (Wildman–Crippen MR) is 105 cm³/mol. The van der Waals surface area contributed by atoms with Crippen molar-refractivity contribution in [1.82, 2.24) is 0 Å². The summed E-state index contributed by atoms with van der Waals surface area (Å²) in [7, 11) is 0. The standard InChI is InChI=1S/C22H22O8/c1-11(2)6-7-17(28-12(3)23)15-10-16(26)20-18(29-13(4)24)8-9-19(30-14(5)25)21(20)22(15)27/h6,8-10,17H,7H2,1-5H3/t17-/m1/s1. The molecular weight excluding hydrogens is 392 g/mol. The zero-order valence-corrected chi connectivity index (χ0v) is 17.4. The Bertz CT molecular complexity index is 993. The van der Waals surface area contributed by atoms with E-state index in [1.54, 1.807) is 6.08 Å². The predicted octanol–water partition coefficient (Wildman–Crippen LogP) is 3.13. The molecular formula is C22H22O8. The van der Waals surface area contributed by atoms with Crippen LogP contribution in [0.4, 0.5) is 0 Å². The molecule has 158 valence electrons. The molecule has 0 heterocycles. The minimum Gasteiger partial charge on any atom is -0.457 e. The lowest BCUT2D eigenvalue weighted by molar-refractivity contribution is -0.144. The monoisotopic (exact) mass is 414 g/mol. The molecule has 0 spiro atoms. The largest absolute Gasteiger partial charge is 0.457 e. The van der Waals surface area contributed by atoms with E-state index in [-0.39, 0.29) is 34.6 Å². The van der Waals surface area contributed by atoms with Gasteiger partial charge in [0.1, 0.15) is 17.6 Å². The lowest BCUT2D eigenvalue weighted by Gasteiger charge is -2.24. The first-order valence-corrected chi connectivity index (χ1v) is 9.16. The minimum absolute atomic E-state index is 0.0615. The molecule has 0 fully saturated rings. The quantitative estimate of drug-likeness (QED) is 0.396. The van der Waals surface area contributed by atoms with Gasteiger partial charge in [-0.15, -0.1) is 0 Å². The van der Waals surface area contributed by atoms with Crippen LogP contribution in [0.5, 0.6) is 11.5 Å². The Balaban J connectivity index is 2.65. The Morgan fingerprint density at radius 3 is 1.87 bits per heavy atom. The van der Waals surface area contributed by atoms with Crippen molar-refractivity contribution in [1.29, 1.82) is 0 Å². The van der Waals surface area contributed by atoms with E-state index in [2.05, 4.69) is 0 Å². The lowest BCUT2D eigenvalue weighted by Crippen LogP contribution is -2.29. The Morgan fingerprint density at radius 1 is 0.867 bits per heavy atom. The van der Waals surface area contributed by atoms with Gasteiger partial charge < -0.3 is 14.2 Å². The van der Waals surface area contributed by atoms with Crippen LogP contribution in [-0.4, -0.2) is 35.6 Å². The van der Waals surface area contributed by atoms with Crippen LogP contribution in [0.25, 0.3) is 0 Å². The average Bonchev–Trinajstić information content (AvgIpc) is 2.61. The highest BCUT2D eigenvalue weighted by molar-refractivity contribution is 6.27. The van der Waals surface area contributed by atoms with Gasteiger partial charge in [0.2, 0.25) is 0 Å². The van der Waals surface area contributed by atoms with Gasteiger partial charge in [-0.3, -0.25) is 24.0 Å². The van der Waals surface area contributed by atoms with Crippen molar-refractivity contribution in [3.8, 4) is 11.5 Å². The molecule has 0 N–H and O–H groups in total. The normalized spacial score (nSPS) is 13.6. The molecule has 0 aromatic heterocycles. The van der Waals surface area contributed by atoms with Crippen LogP contribution in [0.1, 0.15) is 61.8 Å². The van der Waals surface area contributed by atoms with Crippen molar-refractivity contribution in [3.05, 3.63) is 46.6 Å². The number of hydrogen-bond acceptors (Lipinski definition) is 8. The third-order valence-electron chi connectivity index (χ3n) is 4.05. The van der Waals surface area contributed by atoms with Crippen LogP contribution in [-0.2, 0) is 19.1 Å². The van der Waals surface area contributed by atoms with E-state index in [9.17, 15) is 24.0 Å². The summed E-state index contributed by atoms with van der Waals surface area (Å²) in [6.07, 6.45) is 1.99. The highest BCUT2D eigenvalue weighted by Crippen LogP contribution is 2.38. The number of carbonyl (C=O) groups excluding carboxylic acids is 5. The number of hydrogen-bond donors (Lipinski definition) is 0. The Kier molecular flexibility index (Phi) is 7.05. The maximum absolute atomic E-state index is 13.3. The molecule has 0 saturated carbocycles. The zero-order chi connectivity index (χ0) is 22.6. The molecule has 8 nitrogen and oxygen atoms in total. The summed E-state index contributed by atoms with van der Waals surface area (Å²) in [6.45, 7) is 7.18. The van der Waals surface area contributed by atoms with Gasteiger partial charge in [-0.2, -0.15) is 0 Å². The minimum atomic E-state index is -1.01. The van der Waals surface area contributed by atoms with Crippen LogP contribution in [0, 0.1) is 0 Å². The van der Waals surface area contributed by atoms with Crippen LogP contribution < -0.4 is 9.47 Å². The van der Waals surface area contributed by atoms with Gasteiger partial charge in [-0.1, -0.05) is 11.6 Å². The van der Waals surface area contributed by atoms with E-state index >= 15 is 0 Å². The van der Waals surface area contributed by atoms with Crippen molar-refractivity contribution < 1.29 is 38.2 Å². The SMILES string of the molecule is CC(=O)Oc1ccc(OC(C)=O)c2c1C(=O)C=C([C@@H](CC=C(C)C)OC(C)=O)C2=O. The van der Waals surface area contributed by atoms with Crippen molar-refractivity contribution >= 4 is 29.5 Å². The second-order valence-electron chi connectivity index (χ2n) is 6.91. The smallest absolute Gasteiger partial charge is 0.308 e. The second kappa shape index (κ2) is 9.30. The molecule has 30 heavy (non-hydrogen) atoms. The van der Waals surface area contributed by atoms with Gasteiger partial charge in [0, 0.05) is 32.8 Å². The van der Waals surface area contributed by atoms with E-state index in [1.165, 1.54) is 19.1 Å². The van der Waals surface area contributed by atoms with Crippen molar-refractivity contribution in [3.63, 3.8) is 0 Å². The number of allylic oxidation sites excluding steroid dienone is 2. The summed E-state index contributed by atoms with van der Waals surface area (Å²) >= 11 is 0. The maximum Gasteiger partial charge on any atom is 0.308 e. The average molecular weight is 414 g/mol.